The Balaban J connectivity index is 2.16. The van der Waals surface area contributed by atoms with Crippen LogP contribution in [0.15, 0.2) is 30.3 Å². The lowest BCUT2D eigenvalue weighted by molar-refractivity contribution is -0.137. The van der Waals surface area contributed by atoms with E-state index in [-0.39, 0.29) is 18.8 Å². The van der Waals surface area contributed by atoms with E-state index in [2.05, 4.69) is 20.6 Å². The molecule has 2 aromatic rings. The zero-order valence-electron chi connectivity index (χ0n) is 10.6. The summed E-state index contributed by atoms with van der Waals surface area (Å²) < 4.78 is 0. The zero-order chi connectivity index (χ0) is 14.4. The maximum Gasteiger partial charge on any atom is 0.303 e. The molecule has 0 saturated carbocycles. The molecule has 20 heavy (non-hydrogen) atoms. The van der Waals surface area contributed by atoms with Crippen LogP contribution in [0.25, 0.3) is 0 Å². The number of benzene rings is 1. The van der Waals surface area contributed by atoms with Crippen molar-refractivity contribution >= 4 is 17.6 Å². The summed E-state index contributed by atoms with van der Waals surface area (Å²) in [5, 5.41) is 21.5. The number of para-hydroxylation sites is 1. The fourth-order valence-electron chi connectivity index (χ4n) is 1.72. The molecule has 0 aliphatic heterocycles. The Morgan fingerprint density at radius 1 is 1.25 bits per heavy atom. The lowest BCUT2D eigenvalue weighted by Gasteiger charge is -2.20. The number of hydrogen-bond donors (Lipinski definition) is 2. The molecule has 1 amide bonds. The van der Waals surface area contributed by atoms with Crippen molar-refractivity contribution in [1.29, 1.82) is 0 Å². The van der Waals surface area contributed by atoms with Gasteiger partial charge in [0, 0.05) is 18.7 Å². The van der Waals surface area contributed by atoms with Crippen molar-refractivity contribution in [3.05, 3.63) is 36.2 Å². The third-order valence-corrected chi connectivity index (χ3v) is 2.62. The molecular weight excluding hydrogens is 262 g/mol. The van der Waals surface area contributed by atoms with Gasteiger partial charge in [-0.3, -0.25) is 9.59 Å². The first-order valence-electron chi connectivity index (χ1n) is 6.00. The third-order valence-electron chi connectivity index (χ3n) is 2.62. The van der Waals surface area contributed by atoms with Gasteiger partial charge < -0.3 is 10.0 Å². The first kappa shape index (κ1) is 13.7. The molecule has 0 aliphatic carbocycles. The number of carboxylic acids is 1. The standard InChI is InChI=1S/C12H13N5O3/c18-10(19)7-4-8-17(9-5-2-1-3-6-9)12(20)11-13-15-16-14-11/h1-3,5-6H,4,7-8H2,(H,18,19)(H,13,14,15,16). The zero-order valence-corrected chi connectivity index (χ0v) is 10.6. The van der Waals surface area contributed by atoms with Crippen LogP contribution in [-0.2, 0) is 4.79 Å². The number of aliphatic carboxylic acids is 1. The number of nitrogens with one attached hydrogen (secondary N) is 1. The highest BCUT2D eigenvalue weighted by molar-refractivity contribution is 6.03. The second-order valence-corrected chi connectivity index (χ2v) is 4.03. The van der Waals surface area contributed by atoms with Gasteiger partial charge in [-0.25, -0.2) is 0 Å². The van der Waals surface area contributed by atoms with E-state index in [1.54, 1.807) is 24.3 Å². The van der Waals surface area contributed by atoms with Crippen molar-refractivity contribution in [3.8, 4) is 0 Å². The first-order chi connectivity index (χ1) is 9.68. The predicted octanol–water partition coefficient (Wildman–Crippen LogP) is 0.711. The number of carbonyl (C=O) groups is 2. The largest absolute Gasteiger partial charge is 0.481 e. The monoisotopic (exact) mass is 275 g/mol. The summed E-state index contributed by atoms with van der Waals surface area (Å²) >= 11 is 0. The maximum absolute atomic E-state index is 12.3. The second-order valence-electron chi connectivity index (χ2n) is 4.03. The van der Waals surface area contributed by atoms with E-state index < -0.39 is 11.9 Å². The highest BCUT2D eigenvalue weighted by Gasteiger charge is 2.21. The molecule has 2 rings (SSSR count). The predicted molar refractivity (Wildman–Crippen MR) is 69.2 cm³/mol. The van der Waals surface area contributed by atoms with Gasteiger partial charge in [-0.05, 0) is 23.8 Å². The number of H-pyrrole nitrogens is 1. The maximum atomic E-state index is 12.3. The van der Waals surface area contributed by atoms with Gasteiger partial charge in [-0.2, -0.15) is 5.21 Å². The van der Waals surface area contributed by atoms with Gasteiger partial charge in [0.15, 0.2) is 0 Å². The summed E-state index contributed by atoms with van der Waals surface area (Å²) in [5.41, 5.74) is 0.660. The van der Waals surface area contributed by atoms with Crippen molar-refractivity contribution in [1.82, 2.24) is 20.6 Å². The van der Waals surface area contributed by atoms with E-state index in [4.69, 9.17) is 5.11 Å². The number of aromatic amines is 1. The highest BCUT2D eigenvalue weighted by atomic mass is 16.4. The number of carbonyl (C=O) groups excluding carboxylic acids is 1. The summed E-state index contributed by atoms with van der Waals surface area (Å²) in [4.78, 5) is 24.3. The summed E-state index contributed by atoms with van der Waals surface area (Å²) in [6, 6.07) is 8.95. The number of anilines is 1. The minimum Gasteiger partial charge on any atom is -0.481 e. The Hall–Kier alpha value is -2.77. The minimum absolute atomic E-state index is 0.0111. The number of tetrazole rings is 1. The fourth-order valence-corrected chi connectivity index (χ4v) is 1.72. The molecule has 0 aliphatic rings. The SMILES string of the molecule is O=C(O)CCCN(C(=O)c1nn[nH]n1)c1ccccc1. The van der Waals surface area contributed by atoms with Gasteiger partial charge in [0.05, 0.1) is 0 Å². The van der Waals surface area contributed by atoms with Crippen LogP contribution in [0, 0.1) is 0 Å². The molecule has 0 atom stereocenters. The number of carboxylic acid groups (broad SMARTS) is 1. The van der Waals surface area contributed by atoms with E-state index >= 15 is 0 Å². The topological polar surface area (TPSA) is 112 Å². The number of amides is 1. The van der Waals surface area contributed by atoms with E-state index in [1.165, 1.54) is 4.90 Å². The van der Waals surface area contributed by atoms with Gasteiger partial charge in [0.25, 0.3) is 11.7 Å². The Morgan fingerprint density at radius 3 is 2.60 bits per heavy atom. The molecule has 8 heteroatoms. The quantitative estimate of drug-likeness (QED) is 0.803. The van der Waals surface area contributed by atoms with Gasteiger partial charge in [-0.1, -0.05) is 18.2 Å². The molecule has 104 valence electrons. The van der Waals surface area contributed by atoms with Crippen molar-refractivity contribution in [2.45, 2.75) is 12.8 Å². The Morgan fingerprint density at radius 2 is 2.00 bits per heavy atom. The van der Waals surface area contributed by atoms with Crippen molar-refractivity contribution in [2.24, 2.45) is 0 Å². The van der Waals surface area contributed by atoms with Gasteiger partial charge in [0.1, 0.15) is 0 Å². The molecule has 1 aromatic carbocycles. The van der Waals surface area contributed by atoms with E-state index in [0.717, 1.165) is 0 Å². The normalized spacial score (nSPS) is 10.2. The fraction of sp³-hybridized carbons (Fsp3) is 0.250. The summed E-state index contributed by atoms with van der Waals surface area (Å²) in [7, 11) is 0. The molecule has 0 saturated heterocycles. The van der Waals surface area contributed by atoms with Gasteiger partial charge in [0.2, 0.25) is 0 Å². The Labute approximate surface area is 114 Å². The average molecular weight is 275 g/mol. The molecule has 0 spiro atoms. The minimum atomic E-state index is -0.898. The lowest BCUT2D eigenvalue weighted by atomic mass is 10.2. The van der Waals surface area contributed by atoms with E-state index in [0.29, 0.717) is 12.1 Å². The first-order valence-corrected chi connectivity index (χ1v) is 6.00. The van der Waals surface area contributed by atoms with Crippen LogP contribution in [0.4, 0.5) is 5.69 Å². The molecular formula is C12H13N5O3. The van der Waals surface area contributed by atoms with Crippen LogP contribution in [0.3, 0.4) is 0 Å². The van der Waals surface area contributed by atoms with Gasteiger partial charge >= 0.3 is 5.97 Å². The molecule has 0 radical (unpaired) electrons. The van der Waals surface area contributed by atoms with Crippen LogP contribution < -0.4 is 4.90 Å². The van der Waals surface area contributed by atoms with Crippen LogP contribution in [0.2, 0.25) is 0 Å². The molecule has 1 aromatic heterocycles. The number of nitrogens with zero attached hydrogens (tertiary/aromatic N) is 4. The third kappa shape index (κ3) is 3.37. The lowest BCUT2D eigenvalue weighted by Crippen LogP contribution is -2.33. The summed E-state index contributed by atoms with van der Waals surface area (Å²) in [6.45, 7) is 0.268. The smallest absolute Gasteiger partial charge is 0.303 e. The molecule has 8 nitrogen and oxygen atoms in total. The molecule has 0 bridgehead atoms. The van der Waals surface area contributed by atoms with E-state index in [9.17, 15) is 9.59 Å². The number of rotatable bonds is 6. The molecule has 1 heterocycles. The summed E-state index contributed by atoms with van der Waals surface area (Å²) in [6.07, 6.45) is 0.330. The number of aromatic nitrogens is 4. The Bertz CT molecular complexity index is 570. The van der Waals surface area contributed by atoms with Crippen LogP contribution in [-0.4, -0.2) is 44.2 Å². The van der Waals surface area contributed by atoms with Gasteiger partial charge in [-0.15, -0.1) is 10.2 Å². The molecule has 2 N–H and O–H groups in total. The highest BCUT2D eigenvalue weighted by Crippen LogP contribution is 2.16. The van der Waals surface area contributed by atoms with E-state index in [1.807, 2.05) is 6.07 Å². The van der Waals surface area contributed by atoms with Crippen molar-refractivity contribution in [3.63, 3.8) is 0 Å². The molecule has 0 unspecified atom stereocenters. The molecule has 0 fully saturated rings. The van der Waals surface area contributed by atoms with Crippen molar-refractivity contribution < 1.29 is 14.7 Å². The van der Waals surface area contributed by atoms with Crippen LogP contribution in [0.1, 0.15) is 23.5 Å². The number of hydrogen-bond acceptors (Lipinski definition) is 5. The van der Waals surface area contributed by atoms with Crippen molar-refractivity contribution in [2.75, 3.05) is 11.4 Å². The van der Waals surface area contributed by atoms with Crippen LogP contribution in [0.5, 0.6) is 0 Å². The summed E-state index contributed by atoms with van der Waals surface area (Å²) in [5.74, 6) is -1.37. The van der Waals surface area contributed by atoms with Crippen LogP contribution >= 0.6 is 0 Å². The Kier molecular flexibility index (Phi) is 4.38. The second kappa shape index (κ2) is 6.41. The average Bonchev–Trinajstić information content (AvgIpc) is 2.98.